The van der Waals surface area contributed by atoms with Crippen LogP contribution in [0.2, 0.25) is 0 Å². The largest absolute Gasteiger partial charge is 0.352 e. The number of H-pyrrole nitrogens is 1. The summed E-state index contributed by atoms with van der Waals surface area (Å²) in [6.45, 7) is 2.70. The maximum atomic E-state index is 12.5. The van der Waals surface area contributed by atoms with Gasteiger partial charge in [-0.3, -0.25) is 19.6 Å². The van der Waals surface area contributed by atoms with E-state index in [4.69, 9.17) is 0 Å². The van der Waals surface area contributed by atoms with E-state index < -0.39 is 11.2 Å². The lowest BCUT2D eigenvalue weighted by atomic mass is 10.2. The average molecular weight is 407 g/mol. The van der Waals surface area contributed by atoms with Crippen LogP contribution in [0.25, 0.3) is 11.3 Å². The average Bonchev–Trinajstić information content (AvgIpc) is 2.79. The van der Waals surface area contributed by atoms with E-state index in [1.165, 1.54) is 16.8 Å². The first kappa shape index (κ1) is 19.5. The van der Waals surface area contributed by atoms with E-state index in [2.05, 4.69) is 25.1 Å². The molecule has 10 heteroatoms. The van der Waals surface area contributed by atoms with Crippen LogP contribution in [-0.4, -0.2) is 61.7 Å². The molecule has 1 N–H and O–H groups in total. The molecule has 1 aliphatic rings. The Morgan fingerprint density at radius 2 is 1.87 bits per heavy atom. The maximum Gasteiger partial charge on any atom is 0.328 e. The smallest absolute Gasteiger partial charge is 0.328 e. The number of amides is 1. The van der Waals surface area contributed by atoms with Gasteiger partial charge in [-0.25, -0.2) is 4.79 Å². The van der Waals surface area contributed by atoms with Crippen molar-refractivity contribution < 1.29 is 4.79 Å². The van der Waals surface area contributed by atoms with Gasteiger partial charge in [-0.2, -0.15) is 0 Å². The number of piperazine rings is 1. The third-order valence-electron chi connectivity index (χ3n) is 5.03. The molecule has 4 rings (SSSR count). The molecule has 0 aliphatic carbocycles. The summed E-state index contributed by atoms with van der Waals surface area (Å²) in [7, 11) is 0. The molecule has 1 amide bonds. The number of carbonyl (C=O) groups excluding carboxylic acids is 1. The first-order chi connectivity index (χ1) is 14.6. The Bertz CT molecular complexity index is 1120. The topological polar surface area (TPSA) is 117 Å². The first-order valence-corrected chi connectivity index (χ1v) is 9.67. The molecule has 4 heterocycles. The summed E-state index contributed by atoms with van der Waals surface area (Å²) < 4.78 is 1.33. The van der Waals surface area contributed by atoms with Crippen molar-refractivity contribution >= 4 is 11.7 Å². The van der Waals surface area contributed by atoms with Gasteiger partial charge in [0.15, 0.2) is 5.82 Å². The highest BCUT2D eigenvalue weighted by molar-refractivity contribution is 5.76. The third-order valence-corrected chi connectivity index (χ3v) is 5.03. The van der Waals surface area contributed by atoms with Gasteiger partial charge in [0.25, 0.3) is 5.56 Å². The molecule has 30 heavy (non-hydrogen) atoms. The number of nitrogens with one attached hydrogen (secondary N) is 1. The van der Waals surface area contributed by atoms with Crippen molar-refractivity contribution in [2.45, 2.75) is 13.0 Å². The van der Waals surface area contributed by atoms with Gasteiger partial charge in [0.1, 0.15) is 0 Å². The number of hydrogen-bond acceptors (Lipinski definition) is 7. The molecule has 3 aromatic rings. The number of aromatic amines is 1. The minimum Gasteiger partial charge on any atom is -0.352 e. The van der Waals surface area contributed by atoms with Crippen molar-refractivity contribution in [1.29, 1.82) is 0 Å². The van der Waals surface area contributed by atoms with E-state index in [1.807, 2.05) is 24.3 Å². The molecule has 10 nitrogen and oxygen atoms in total. The molecule has 0 unspecified atom stereocenters. The highest BCUT2D eigenvalue weighted by Crippen LogP contribution is 2.18. The molecule has 1 aliphatic heterocycles. The van der Waals surface area contributed by atoms with Gasteiger partial charge in [0.05, 0.1) is 5.69 Å². The predicted molar refractivity (Wildman–Crippen MR) is 110 cm³/mol. The number of anilines is 1. The number of hydrogen-bond donors (Lipinski definition) is 1. The Balaban J connectivity index is 1.30. The van der Waals surface area contributed by atoms with Crippen molar-refractivity contribution in [2.24, 2.45) is 0 Å². The van der Waals surface area contributed by atoms with Crippen LogP contribution in [0, 0.1) is 0 Å². The van der Waals surface area contributed by atoms with Crippen LogP contribution in [0.15, 0.2) is 58.5 Å². The van der Waals surface area contributed by atoms with Crippen LogP contribution in [0.1, 0.15) is 6.42 Å². The van der Waals surface area contributed by atoms with Crippen molar-refractivity contribution in [3.63, 3.8) is 0 Å². The van der Waals surface area contributed by atoms with Crippen LogP contribution >= 0.6 is 0 Å². The van der Waals surface area contributed by atoms with E-state index in [0.29, 0.717) is 26.2 Å². The van der Waals surface area contributed by atoms with Gasteiger partial charge >= 0.3 is 5.69 Å². The molecule has 154 valence electrons. The summed E-state index contributed by atoms with van der Waals surface area (Å²) in [5.41, 5.74) is 0.718. The molecule has 0 spiro atoms. The van der Waals surface area contributed by atoms with Crippen LogP contribution in [0.4, 0.5) is 5.82 Å². The Morgan fingerprint density at radius 1 is 1.03 bits per heavy atom. The molecule has 1 fully saturated rings. The van der Waals surface area contributed by atoms with Crippen molar-refractivity contribution in [2.75, 3.05) is 31.1 Å². The van der Waals surface area contributed by atoms with Crippen LogP contribution in [0.5, 0.6) is 0 Å². The fourth-order valence-electron chi connectivity index (χ4n) is 3.34. The third kappa shape index (κ3) is 4.43. The summed E-state index contributed by atoms with van der Waals surface area (Å²) in [5.74, 6) is 0.750. The minimum atomic E-state index is -0.506. The van der Waals surface area contributed by atoms with Crippen molar-refractivity contribution in [3.8, 4) is 11.3 Å². The monoisotopic (exact) mass is 407 g/mol. The highest BCUT2D eigenvalue weighted by atomic mass is 16.2. The second-order valence-electron chi connectivity index (χ2n) is 6.94. The number of rotatable bonds is 5. The lowest BCUT2D eigenvalue weighted by Gasteiger charge is -2.35. The van der Waals surface area contributed by atoms with Crippen molar-refractivity contribution in [1.82, 2.24) is 29.6 Å². The molecule has 0 aromatic carbocycles. The normalized spacial score (nSPS) is 14.0. The zero-order valence-electron chi connectivity index (χ0n) is 16.3. The number of pyridine rings is 1. The zero-order valence-corrected chi connectivity index (χ0v) is 16.3. The molecule has 0 saturated carbocycles. The summed E-state index contributed by atoms with van der Waals surface area (Å²) >= 11 is 0. The Morgan fingerprint density at radius 3 is 2.53 bits per heavy atom. The summed E-state index contributed by atoms with van der Waals surface area (Å²) in [5, 5.41) is 8.61. The highest BCUT2D eigenvalue weighted by Gasteiger charge is 2.22. The van der Waals surface area contributed by atoms with Gasteiger partial charge < -0.3 is 14.4 Å². The number of nitrogens with zero attached hydrogens (tertiary/aromatic N) is 6. The number of aryl methyl sites for hydroxylation is 1. The van der Waals surface area contributed by atoms with Gasteiger partial charge in [-0.1, -0.05) is 0 Å². The number of carbonyl (C=O) groups is 1. The Hall–Kier alpha value is -3.82. The standard InChI is InChI=1S/C20H21N7O3/c28-18-5-8-27(20(30)22-18)9-6-19(29)26-12-10-25(11-13-26)17-4-3-16(23-24-17)15-2-1-7-21-14-15/h1-5,7-8,14H,6,9-13H2,(H,22,28,30). The van der Waals surface area contributed by atoms with Gasteiger partial charge in [-0.15, -0.1) is 10.2 Å². The first-order valence-electron chi connectivity index (χ1n) is 9.67. The number of aromatic nitrogens is 5. The zero-order chi connectivity index (χ0) is 20.9. The van der Waals surface area contributed by atoms with E-state index in [0.717, 1.165) is 17.1 Å². The Kier molecular flexibility index (Phi) is 5.64. The summed E-state index contributed by atoms with van der Waals surface area (Å²) in [6.07, 6.45) is 5.06. The minimum absolute atomic E-state index is 0.0224. The van der Waals surface area contributed by atoms with Crippen LogP contribution in [0.3, 0.4) is 0 Å². The van der Waals surface area contributed by atoms with Gasteiger partial charge in [-0.05, 0) is 24.3 Å². The second-order valence-corrected chi connectivity index (χ2v) is 6.94. The van der Waals surface area contributed by atoms with E-state index in [1.54, 1.807) is 17.3 Å². The Labute approximate surface area is 171 Å². The van der Waals surface area contributed by atoms with Crippen LogP contribution in [-0.2, 0) is 11.3 Å². The lowest BCUT2D eigenvalue weighted by Crippen LogP contribution is -2.49. The van der Waals surface area contributed by atoms with Gasteiger partial charge in [0, 0.05) is 69.4 Å². The fourth-order valence-corrected chi connectivity index (χ4v) is 3.34. The van der Waals surface area contributed by atoms with E-state index in [9.17, 15) is 14.4 Å². The van der Waals surface area contributed by atoms with Crippen molar-refractivity contribution in [3.05, 3.63) is 69.8 Å². The van der Waals surface area contributed by atoms with Gasteiger partial charge in [0.2, 0.25) is 5.91 Å². The molecule has 0 bridgehead atoms. The molecule has 0 atom stereocenters. The molecule has 0 radical (unpaired) electrons. The molecular weight excluding hydrogens is 386 g/mol. The van der Waals surface area contributed by atoms with E-state index >= 15 is 0 Å². The quantitative estimate of drug-likeness (QED) is 0.639. The predicted octanol–water partition coefficient (Wildman–Crippen LogP) is 0.128. The molecule has 3 aromatic heterocycles. The second kappa shape index (κ2) is 8.68. The molecule has 1 saturated heterocycles. The molecular formula is C20H21N7O3. The maximum absolute atomic E-state index is 12.5. The SMILES string of the molecule is O=C(CCn1ccc(=O)[nH]c1=O)N1CCN(c2ccc(-c3cccnc3)nn2)CC1. The lowest BCUT2D eigenvalue weighted by molar-refractivity contribution is -0.131. The van der Waals surface area contributed by atoms with E-state index in [-0.39, 0.29) is 18.9 Å². The fraction of sp³-hybridized carbons (Fsp3) is 0.300. The summed E-state index contributed by atoms with van der Waals surface area (Å²) in [6, 6.07) is 8.90. The van der Waals surface area contributed by atoms with Crippen LogP contribution < -0.4 is 16.1 Å². The summed E-state index contributed by atoms with van der Waals surface area (Å²) in [4.78, 5) is 45.4.